The van der Waals surface area contributed by atoms with Gasteiger partial charge in [0.25, 0.3) is 5.82 Å². The molecule has 0 saturated heterocycles. The fourth-order valence-electron chi connectivity index (χ4n) is 1.44. The number of nitrogens with zero attached hydrogens (tertiary/aromatic N) is 5. The molecule has 0 amide bonds. The van der Waals surface area contributed by atoms with Gasteiger partial charge in [0, 0.05) is 13.1 Å². The second kappa shape index (κ2) is 5.30. The van der Waals surface area contributed by atoms with Gasteiger partial charge < -0.3 is 10.1 Å². The number of aromatic nitrogens is 4. The number of esters is 1. The lowest BCUT2D eigenvalue weighted by Gasteiger charge is -2.04. The summed E-state index contributed by atoms with van der Waals surface area (Å²) in [6.45, 7) is 0. The number of nitro groups is 1. The highest BCUT2D eigenvalue weighted by Crippen LogP contribution is 2.21. The van der Waals surface area contributed by atoms with Crippen molar-refractivity contribution >= 4 is 17.5 Å². The summed E-state index contributed by atoms with van der Waals surface area (Å²) in [6, 6.07) is 2.74. The topological polar surface area (TPSA) is 125 Å². The minimum absolute atomic E-state index is 0.0514. The van der Waals surface area contributed by atoms with E-state index < -0.39 is 10.9 Å². The summed E-state index contributed by atoms with van der Waals surface area (Å²) in [5.74, 6) is -0.583. The lowest BCUT2D eigenvalue weighted by Crippen LogP contribution is -2.08. The molecular weight excluding hydrogens is 268 g/mol. The molecule has 0 radical (unpaired) electrons. The maximum Gasteiger partial charge on any atom is 0.377 e. The van der Waals surface area contributed by atoms with Crippen LogP contribution in [0.5, 0.6) is 0 Å². The Bertz CT molecular complexity index is 668. The molecule has 0 aliphatic heterocycles. The summed E-state index contributed by atoms with van der Waals surface area (Å²) in [5, 5.41) is 17.5. The summed E-state index contributed by atoms with van der Waals surface area (Å²) >= 11 is 0. The summed E-state index contributed by atoms with van der Waals surface area (Å²) in [6.07, 6.45) is 1.15. The lowest BCUT2D eigenvalue weighted by atomic mass is 10.4. The lowest BCUT2D eigenvalue weighted by molar-refractivity contribution is -0.384. The van der Waals surface area contributed by atoms with E-state index in [-0.39, 0.29) is 17.3 Å². The highest BCUT2D eigenvalue weighted by atomic mass is 16.6. The molecule has 0 saturated carbocycles. The van der Waals surface area contributed by atoms with Gasteiger partial charge in [0.2, 0.25) is 5.82 Å². The van der Waals surface area contributed by atoms with Crippen molar-refractivity contribution < 1.29 is 14.5 Å². The van der Waals surface area contributed by atoms with Crippen LogP contribution in [-0.2, 0) is 4.74 Å². The first kappa shape index (κ1) is 13.4. The van der Waals surface area contributed by atoms with Crippen molar-refractivity contribution in [1.82, 2.24) is 19.7 Å². The molecule has 20 heavy (non-hydrogen) atoms. The highest BCUT2D eigenvalue weighted by molar-refractivity contribution is 5.84. The average Bonchev–Trinajstić information content (AvgIpc) is 2.95. The minimum atomic E-state index is -0.740. The Hall–Kier alpha value is -3.04. The molecule has 1 N–H and O–H groups in total. The van der Waals surface area contributed by atoms with Gasteiger partial charge in [-0.3, -0.25) is 10.1 Å². The van der Waals surface area contributed by atoms with Crippen molar-refractivity contribution in [2.24, 2.45) is 0 Å². The summed E-state index contributed by atoms with van der Waals surface area (Å²) < 4.78 is 5.51. The van der Waals surface area contributed by atoms with Crippen molar-refractivity contribution in [3.63, 3.8) is 0 Å². The SMILES string of the molecule is CNc1ccc([N+](=O)[O-])c(-n2cnc(C(=O)OC)n2)n1. The first-order valence-corrected chi connectivity index (χ1v) is 5.40. The Kier molecular flexibility index (Phi) is 3.55. The molecule has 2 aromatic rings. The van der Waals surface area contributed by atoms with E-state index in [0.29, 0.717) is 5.82 Å². The van der Waals surface area contributed by atoms with Crippen molar-refractivity contribution in [3.05, 3.63) is 34.4 Å². The van der Waals surface area contributed by atoms with Crippen molar-refractivity contribution in [2.45, 2.75) is 0 Å². The molecule has 0 aromatic carbocycles. The van der Waals surface area contributed by atoms with E-state index >= 15 is 0 Å². The second-order valence-electron chi connectivity index (χ2n) is 3.55. The molecule has 0 fully saturated rings. The number of carbonyl (C=O) groups is 1. The van der Waals surface area contributed by atoms with Crippen LogP contribution in [0.3, 0.4) is 0 Å². The Morgan fingerprint density at radius 3 is 2.85 bits per heavy atom. The fourth-order valence-corrected chi connectivity index (χ4v) is 1.44. The van der Waals surface area contributed by atoms with E-state index in [1.54, 1.807) is 7.05 Å². The molecule has 10 nitrogen and oxygen atoms in total. The molecule has 0 aliphatic rings. The van der Waals surface area contributed by atoms with Gasteiger partial charge in [0.15, 0.2) is 0 Å². The van der Waals surface area contributed by atoms with Gasteiger partial charge >= 0.3 is 11.7 Å². The van der Waals surface area contributed by atoms with E-state index in [1.165, 1.54) is 19.2 Å². The van der Waals surface area contributed by atoms with E-state index in [9.17, 15) is 14.9 Å². The van der Waals surface area contributed by atoms with Crippen LogP contribution in [0.25, 0.3) is 5.82 Å². The van der Waals surface area contributed by atoms with E-state index in [2.05, 4.69) is 25.1 Å². The molecule has 0 spiro atoms. The molecule has 2 heterocycles. The van der Waals surface area contributed by atoms with Gasteiger partial charge in [-0.2, -0.15) is 4.68 Å². The number of rotatable bonds is 4. The smallest absolute Gasteiger partial charge is 0.377 e. The predicted octanol–water partition coefficient (Wildman–Crippen LogP) is 0.399. The van der Waals surface area contributed by atoms with Gasteiger partial charge in [0.05, 0.1) is 12.0 Å². The highest BCUT2D eigenvalue weighted by Gasteiger charge is 2.21. The van der Waals surface area contributed by atoms with Gasteiger partial charge in [-0.15, -0.1) is 5.10 Å². The Labute approximate surface area is 112 Å². The third-order valence-electron chi connectivity index (χ3n) is 2.38. The third-order valence-corrected chi connectivity index (χ3v) is 2.38. The maximum atomic E-state index is 11.3. The van der Waals surface area contributed by atoms with Crippen LogP contribution in [-0.4, -0.2) is 44.8 Å². The zero-order valence-electron chi connectivity index (χ0n) is 10.6. The number of hydrogen-bond acceptors (Lipinski definition) is 8. The van der Waals surface area contributed by atoms with Crippen molar-refractivity contribution in [2.75, 3.05) is 19.5 Å². The van der Waals surface area contributed by atoms with Crippen molar-refractivity contribution in [1.29, 1.82) is 0 Å². The standard InChI is InChI=1S/C10H10N6O4/c1-11-7-4-3-6(16(18)19)9(13-7)15-5-12-8(14-15)10(17)20-2/h3-5H,1-2H3,(H,11,13). The zero-order chi connectivity index (χ0) is 14.7. The number of nitrogens with one attached hydrogen (secondary N) is 1. The molecule has 0 unspecified atom stereocenters. The Morgan fingerprint density at radius 1 is 1.50 bits per heavy atom. The second-order valence-corrected chi connectivity index (χ2v) is 3.55. The van der Waals surface area contributed by atoms with Crippen LogP contribution >= 0.6 is 0 Å². The Morgan fingerprint density at radius 2 is 2.25 bits per heavy atom. The fraction of sp³-hybridized carbons (Fsp3) is 0.200. The quantitative estimate of drug-likeness (QED) is 0.484. The molecule has 2 aromatic heterocycles. The normalized spacial score (nSPS) is 10.1. The molecule has 10 heteroatoms. The molecular formula is C10H10N6O4. The van der Waals surface area contributed by atoms with Crippen molar-refractivity contribution in [3.8, 4) is 5.82 Å². The molecule has 2 rings (SSSR count). The first-order valence-electron chi connectivity index (χ1n) is 5.40. The van der Waals surface area contributed by atoms with Gasteiger partial charge in [0.1, 0.15) is 12.1 Å². The largest absolute Gasteiger partial charge is 0.463 e. The number of ether oxygens (including phenoxy) is 1. The molecule has 104 valence electrons. The number of carbonyl (C=O) groups excluding carboxylic acids is 1. The average molecular weight is 278 g/mol. The van der Waals surface area contributed by atoms with Crippen LogP contribution in [0, 0.1) is 10.1 Å². The summed E-state index contributed by atoms with van der Waals surface area (Å²) in [5.41, 5.74) is -0.259. The summed E-state index contributed by atoms with van der Waals surface area (Å²) in [7, 11) is 2.81. The number of methoxy groups -OCH3 is 1. The van der Waals surface area contributed by atoms with Gasteiger partial charge in [-0.25, -0.2) is 14.8 Å². The minimum Gasteiger partial charge on any atom is -0.463 e. The van der Waals surface area contributed by atoms with Crippen LogP contribution in [0.4, 0.5) is 11.5 Å². The third kappa shape index (κ3) is 2.39. The Balaban J connectivity index is 2.52. The van der Waals surface area contributed by atoms with Crippen LogP contribution in [0.15, 0.2) is 18.5 Å². The van der Waals surface area contributed by atoms with E-state index in [0.717, 1.165) is 11.0 Å². The first-order chi connectivity index (χ1) is 9.56. The zero-order valence-corrected chi connectivity index (χ0v) is 10.6. The van der Waals surface area contributed by atoms with Gasteiger partial charge in [-0.1, -0.05) is 0 Å². The monoisotopic (exact) mass is 278 g/mol. The van der Waals surface area contributed by atoms with Crippen LogP contribution in [0.1, 0.15) is 10.6 Å². The molecule has 0 aliphatic carbocycles. The van der Waals surface area contributed by atoms with E-state index in [1.807, 2.05) is 0 Å². The number of hydrogen-bond donors (Lipinski definition) is 1. The maximum absolute atomic E-state index is 11.3. The van der Waals surface area contributed by atoms with Gasteiger partial charge in [-0.05, 0) is 6.07 Å². The molecule has 0 bridgehead atoms. The van der Waals surface area contributed by atoms with E-state index in [4.69, 9.17) is 0 Å². The predicted molar refractivity (Wildman–Crippen MR) is 66.7 cm³/mol. The van der Waals surface area contributed by atoms with Crippen LogP contribution < -0.4 is 5.32 Å². The summed E-state index contributed by atoms with van der Waals surface area (Å²) in [4.78, 5) is 29.4. The molecule has 0 atom stereocenters. The number of anilines is 1. The van der Waals surface area contributed by atoms with Crippen LogP contribution in [0.2, 0.25) is 0 Å². The number of pyridine rings is 1.